The standard InChI is InChI=1S/C18H13ClFN3O2.C18H11ClFN3O.C12H6F2N2.C6H6ClNO.CH4.H2S/c19-17-6-1-11(8-23-17)10-25-16-9-22-15(18(21)24)7-14(16)12-2-4-13(20)5-3-12;19-18-6-1-12(9-23-18)11-24-17-10-22-15(8-21)7-16(17)13-2-4-14(20)5-3-13;13-9-3-1-8(2-4-9)11-5-10(6-15)16-7-12(11)14;7-6-2-1-5(4-9)3-8-6;;/h1-9H,10H2,(H2,21,24);1-7,9-10H,11H2;1-5,7H;1-3,9H,4H2;1H4;1H2. The lowest BCUT2D eigenvalue weighted by atomic mass is 10.0. The van der Waals surface area contributed by atoms with Crippen LogP contribution in [0.25, 0.3) is 33.4 Å². The molecule has 0 radical (unpaired) electrons. The van der Waals surface area contributed by atoms with Gasteiger partial charge in [0.25, 0.3) is 5.91 Å². The number of nitriles is 2. The Labute approximate surface area is 456 Å². The van der Waals surface area contributed by atoms with Crippen LogP contribution in [0.4, 0.5) is 17.6 Å². The van der Waals surface area contributed by atoms with E-state index in [0.717, 1.165) is 28.5 Å². The van der Waals surface area contributed by atoms with Gasteiger partial charge in [-0.2, -0.15) is 24.0 Å². The number of benzene rings is 3. The second kappa shape index (κ2) is 30.0. The van der Waals surface area contributed by atoms with Crippen molar-refractivity contribution >= 4 is 54.2 Å². The van der Waals surface area contributed by atoms with Crippen LogP contribution < -0.4 is 15.2 Å². The summed E-state index contributed by atoms with van der Waals surface area (Å²) in [5.74, 6) is -1.34. The molecule has 0 aliphatic heterocycles. The largest absolute Gasteiger partial charge is 0.487 e. The molecule has 76 heavy (non-hydrogen) atoms. The molecule has 9 rings (SSSR count). The smallest absolute Gasteiger partial charge is 0.267 e. The van der Waals surface area contributed by atoms with E-state index in [2.05, 4.69) is 29.9 Å². The molecule has 1 amide bonds. The van der Waals surface area contributed by atoms with E-state index in [1.165, 1.54) is 73.1 Å². The fourth-order valence-electron chi connectivity index (χ4n) is 6.18. The number of rotatable bonds is 11. The van der Waals surface area contributed by atoms with Gasteiger partial charge in [0.1, 0.15) is 92.7 Å². The van der Waals surface area contributed by atoms with Crippen LogP contribution in [0.15, 0.2) is 165 Å². The van der Waals surface area contributed by atoms with Gasteiger partial charge in [-0.05, 0) is 95.1 Å². The molecule has 0 atom stereocenters. The Kier molecular flexibility index (Phi) is 23.7. The van der Waals surface area contributed by atoms with Crippen molar-refractivity contribution in [1.29, 1.82) is 10.5 Å². The molecule has 0 bridgehead atoms. The number of hydrogen-bond donors (Lipinski definition) is 2. The molecule has 6 aromatic heterocycles. The second-order valence-corrected chi connectivity index (χ2v) is 16.2. The first-order chi connectivity index (χ1) is 35.7. The number of hydrogen-bond acceptors (Lipinski definition) is 12. The predicted molar refractivity (Wildman–Crippen MR) is 286 cm³/mol. The number of amides is 1. The highest BCUT2D eigenvalue weighted by Crippen LogP contribution is 2.32. The van der Waals surface area contributed by atoms with Crippen molar-refractivity contribution in [3.05, 3.63) is 237 Å². The topological polar surface area (TPSA) is 207 Å². The summed E-state index contributed by atoms with van der Waals surface area (Å²) in [5, 5.41) is 27.5. The van der Waals surface area contributed by atoms with Crippen molar-refractivity contribution in [3.8, 4) is 57.0 Å². The number of halogens is 7. The van der Waals surface area contributed by atoms with Crippen LogP contribution in [0.3, 0.4) is 0 Å². The van der Waals surface area contributed by atoms with Crippen molar-refractivity contribution in [3.63, 3.8) is 0 Å². The number of carbonyl (C=O) groups excluding carboxylic acids is 1. The molecule has 21 heteroatoms. The predicted octanol–water partition coefficient (Wildman–Crippen LogP) is 12.9. The monoisotopic (exact) mass is 1110 g/mol. The highest BCUT2D eigenvalue weighted by Gasteiger charge is 2.14. The molecule has 3 N–H and O–H groups in total. The third-order valence-electron chi connectivity index (χ3n) is 9.87. The van der Waals surface area contributed by atoms with Crippen LogP contribution in [0.5, 0.6) is 11.5 Å². The number of aliphatic hydroxyl groups excluding tert-OH is 1. The maximum Gasteiger partial charge on any atom is 0.267 e. The number of nitrogens with two attached hydrogens (primary N) is 1. The van der Waals surface area contributed by atoms with Gasteiger partial charge in [-0.15, -0.1) is 0 Å². The summed E-state index contributed by atoms with van der Waals surface area (Å²) in [5.41, 5.74) is 11.6. The van der Waals surface area contributed by atoms with E-state index in [9.17, 15) is 22.4 Å². The fourth-order valence-corrected chi connectivity index (χ4v) is 6.51. The average molecular weight is 1110 g/mol. The third kappa shape index (κ3) is 18.2. The zero-order valence-corrected chi connectivity index (χ0v) is 42.0. The summed E-state index contributed by atoms with van der Waals surface area (Å²) in [6, 6.07) is 35.8. The highest BCUT2D eigenvalue weighted by atomic mass is 35.5. The number of carbonyl (C=O) groups is 1. The second-order valence-electron chi connectivity index (χ2n) is 15.0. The van der Waals surface area contributed by atoms with Gasteiger partial charge in [0.15, 0.2) is 0 Å². The molecule has 0 saturated heterocycles. The van der Waals surface area contributed by atoms with E-state index >= 15 is 0 Å². The number of nitrogens with zero attached hydrogens (tertiary/aromatic N) is 8. The molecule has 6 heterocycles. The number of aliphatic hydroxyl groups is 1. The van der Waals surface area contributed by atoms with Gasteiger partial charge in [0.2, 0.25) is 0 Å². The van der Waals surface area contributed by atoms with Crippen LogP contribution in [-0.2, 0) is 19.8 Å². The van der Waals surface area contributed by atoms with E-state index in [4.69, 9.17) is 65.6 Å². The molecule has 0 unspecified atom stereocenters. The molecule has 386 valence electrons. The Morgan fingerprint density at radius 2 is 0.882 bits per heavy atom. The van der Waals surface area contributed by atoms with Crippen LogP contribution >= 0.6 is 48.3 Å². The van der Waals surface area contributed by atoms with Crippen molar-refractivity contribution < 1.29 is 36.9 Å². The van der Waals surface area contributed by atoms with Crippen molar-refractivity contribution in [1.82, 2.24) is 29.9 Å². The first-order valence-corrected chi connectivity index (χ1v) is 22.6. The third-order valence-corrected chi connectivity index (χ3v) is 10.5. The van der Waals surface area contributed by atoms with Crippen molar-refractivity contribution in [2.24, 2.45) is 5.73 Å². The molecular weight excluding hydrogens is 1070 g/mol. The zero-order valence-electron chi connectivity index (χ0n) is 38.7. The number of primary amides is 1. The van der Waals surface area contributed by atoms with Crippen LogP contribution in [0.1, 0.15) is 46.0 Å². The minimum absolute atomic E-state index is 0. The summed E-state index contributed by atoms with van der Waals surface area (Å²) in [6.07, 6.45) is 8.66. The summed E-state index contributed by atoms with van der Waals surface area (Å²) in [7, 11) is 0. The van der Waals surface area contributed by atoms with Gasteiger partial charge in [0.05, 0.1) is 25.2 Å². The van der Waals surface area contributed by atoms with Crippen LogP contribution in [-0.4, -0.2) is 40.9 Å². The van der Waals surface area contributed by atoms with Gasteiger partial charge in [-0.25, -0.2) is 47.5 Å². The summed E-state index contributed by atoms with van der Waals surface area (Å²) < 4.78 is 64.0. The van der Waals surface area contributed by atoms with Crippen LogP contribution in [0, 0.1) is 45.9 Å². The Hall–Kier alpha value is -8.49. The SMILES string of the molecule is C.N#Cc1cc(-c2ccc(F)cc2)c(F)cn1.N#Cc1cc(-c2ccc(F)cc2)c(OCc2ccc(Cl)nc2)cn1.NC(=O)c1cc(-c2ccc(F)cc2)c(OCc2ccc(Cl)nc2)cn1.OCc1ccc(Cl)nc1.S. The van der Waals surface area contributed by atoms with Crippen LogP contribution in [0.2, 0.25) is 15.5 Å². The minimum atomic E-state index is -0.656. The van der Waals surface area contributed by atoms with Gasteiger partial charge >= 0.3 is 0 Å². The Balaban J connectivity index is 0.000000229. The normalized spacial score (nSPS) is 9.87. The van der Waals surface area contributed by atoms with Gasteiger partial charge in [0, 0.05) is 46.4 Å². The molecule has 3 aromatic carbocycles. The average Bonchev–Trinajstić information content (AvgIpc) is 3.42. The first-order valence-electron chi connectivity index (χ1n) is 21.4. The molecule has 0 spiro atoms. The van der Waals surface area contributed by atoms with Gasteiger partial charge in [-0.1, -0.05) is 96.8 Å². The maximum atomic E-state index is 13.4. The van der Waals surface area contributed by atoms with Gasteiger partial charge < -0.3 is 20.3 Å². The van der Waals surface area contributed by atoms with E-state index in [1.54, 1.807) is 79.3 Å². The molecule has 9 aromatic rings. The minimum Gasteiger partial charge on any atom is -0.487 e. The number of aromatic nitrogens is 6. The lowest BCUT2D eigenvalue weighted by Crippen LogP contribution is -2.13. The summed E-state index contributed by atoms with van der Waals surface area (Å²) in [4.78, 5) is 34.8. The number of ether oxygens (including phenoxy) is 2. The molecule has 0 aliphatic rings. The quantitative estimate of drug-likeness (QED) is 0.0916. The molecule has 0 aliphatic carbocycles. The zero-order chi connectivity index (χ0) is 53.0. The summed E-state index contributed by atoms with van der Waals surface area (Å²) in [6.45, 7) is 0.520. The summed E-state index contributed by atoms with van der Waals surface area (Å²) >= 11 is 17.0. The van der Waals surface area contributed by atoms with E-state index in [0.29, 0.717) is 49.2 Å². The van der Waals surface area contributed by atoms with E-state index in [1.807, 2.05) is 18.2 Å². The lowest BCUT2D eigenvalue weighted by molar-refractivity contribution is 0.0995. The Morgan fingerprint density at radius 3 is 1.26 bits per heavy atom. The maximum absolute atomic E-state index is 13.4. The fraction of sp³-hybridized carbons (Fsp3) is 0.0727. The lowest BCUT2D eigenvalue weighted by Gasteiger charge is -2.12. The number of pyridine rings is 6. The highest BCUT2D eigenvalue weighted by molar-refractivity contribution is 7.59. The molecule has 13 nitrogen and oxygen atoms in total. The first kappa shape index (κ1) is 60.1. The molecular formula is C55H42Cl3F4N9O4S. The Bertz CT molecular complexity index is 3400. The molecule has 0 fully saturated rings. The molecule has 0 saturated carbocycles. The van der Waals surface area contributed by atoms with E-state index < -0.39 is 17.5 Å². The van der Waals surface area contributed by atoms with Crippen molar-refractivity contribution in [2.75, 3.05) is 0 Å². The van der Waals surface area contributed by atoms with Gasteiger partial charge in [-0.3, -0.25) is 4.79 Å². The van der Waals surface area contributed by atoms with Crippen molar-refractivity contribution in [2.45, 2.75) is 27.2 Å². The Morgan fingerprint density at radius 1 is 0.513 bits per heavy atom. The van der Waals surface area contributed by atoms with E-state index in [-0.39, 0.29) is 75.0 Å².